The zero-order valence-electron chi connectivity index (χ0n) is 18.9. The van der Waals surface area contributed by atoms with Crippen LogP contribution >= 0.6 is 0 Å². The second-order valence-electron chi connectivity index (χ2n) is 9.53. The molecular weight excluding hydrogens is 450 g/mol. The molecule has 0 amide bonds. The largest absolute Gasteiger partial charge is 0.481 e. The molecule has 0 spiro atoms. The topological polar surface area (TPSA) is 66.3 Å². The molecule has 1 N–H and O–H groups in total. The number of aromatic nitrogens is 2. The third-order valence-electron chi connectivity index (χ3n) is 6.96. The molecule has 0 saturated heterocycles. The summed E-state index contributed by atoms with van der Waals surface area (Å²) in [6.45, 7) is 0.282. The van der Waals surface area contributed by atoms with E-state index in [1.165, 1.54) is 18.5 Å². The average molecular weight is 480 g/mol. The lowest BCUT2D eigenvalue weighted by molar-refractivity contribution is -0.139. The number of benzene rings is 1. The number of hydrogen-bond acceptors (Lipinski definition) is 4. The molecular formula is C25H29F4N3O2. The Bertz CT molecular complexity index is 985. The molecule has 0 aliphatic heterocycles. The van der Waals surface area contributed by atoms with Crippen molar-refractivity contribution >= 4 is 11.8 Å². The molecule has 2 aromatic rings. The van der Waals surface area contributed by atoms with Gasteiger partial charge in [-0.1, -0.05) is 25.0 Å². The molecule has 184 valence electrons. The highest BCUT2D eigenvalue weighted by Gasteiger charge is 2.34. The molecule has 1 heterocycles. The molecule has 9 heteroatoms. The Labute approximate surface area is 196 Å². The van der Waals surface area contributed by atoms with Crippen LogP contribution in [0.25, 0.3) is 0 Å². The van der Waals surface area contributed by atoms with Gasteiger partial charge >= 0.3 is 12.1 Å². The van der Waals surface area contributed by atoms with Crippen LogP contribution in [-0.4, -0.2) is 27.1 Å². The minimum Gasteiger partial charge on any atom is -0.481 e. The van der Waals surface area contributed by atoms with Crippen molar-refractivity contribution in [3.63, 3.8) is 0 Å². The van der Waals surface area contributed by atoms with Crippen LogP contribution in [-0.2, 0) is 23.9 Å². The van der Waals surface area contributed by atoms with Crippen LogP contribution in [0.3, 0.4) is 0 Å². The van der Waals surface area contributed by atoms with Crippen molar-refractivity contribution in [3.05, 3.63) is 53.2 Å². The van der Waals surface area contributed by atoms with Gasteiger partial charge in [0.25, 0.3) is 0 Å². The van der Waals surface area contributed by atoms with Gasteiger partial charge in [0.15, 0.2) is 11.6 Å². The Balaban J connectivity index is 1.40. The van der Waals surface area contributed by atoms with E-state index in [0.717, 1.165) is 57.1 Å². The molecule has 2 fully saturated rings. The van der Waals surface area contributed by atoms with E-state index in [2.05, 4.69) is 9.97 Å². The van der Waals surface area contributed by atoms with E-state index in [-0.39, 0.29) is 30.7 Å². The Morgan fingerprint density at radius 2 is 1.65 bits per heavy atom. The number of nitrogens with zero attached hydrogens (tertiary/aromatic N) is 3. The molecule has 0 atom stereocenters. The highest BCUT2D eigenvalue weighted by atomic mass is 19.4. The van der Waals surface area contributed by atoms with Gasteiger partial charge in [-0.3, -0.25) is 4.79 Å². The smallest absolute Gasteiger partial charge is 0.416 e. The monoisotopic (exact) mass is 479 g/mol. The fourth-order valence-corrected chi connectivity index (χ4v) is 4.84. The number of rotatable bonds is 9. The first-order valence-electron chi connectivity index (χ1n) is 11.8. The van der Waals surface area contributed by atoms with Crippen molar-refractivity contribution in [2.75, 3.05) is 4.90 Å². The quantitative estimate of drug-likeness (QED) is 0.446. The Hall–Kier alpha value is -2.71. The number of aryl methyl sites for hydroxylation is 1. The van der Waals surface area contributed by atoms with Crippen LogP contribution in [0.5, 0.6) is 0 Å². The van der Waals surface area contributed by atoms with Gasteiger partial charge in [-0.25, -0.2) is 14.4 Å². The first-order valence-corrected chi connectivity index (χ1v) is 11.8. The number of hydrogen-bond donors (Lipinski definition) is 1. The van der Waals surface area contributed by atoms with Crippen LogP contribution in [0.1, 0.15) is 68.2 Å². The summed E-state index contributed by atoms with van der Waals surface area (Å²) < 4.78 is 54.0. The fourth-order valence-electron chi connectivity index (χ4n) is 4.84. The summed E-state index contributed by atoms with van der Waals surface area (Å²) in [6, 6.07) is 5.07. The van der Waals surface area contributed by atoms with E-state index in [1.807, 2.05) is 4.90 Å². The molecule has 1 aromatic heterocycles. The Morgan fingerprint density at radius 1 is 1.00 bits per heavy atom. The van der Waals surface area contributed by atoms with Crippen molar-refractivity contribution in [1.29, 1.82) is 0 Å². The molecule has 34 heavy (non-hydrogen) atoms. The third kappa shape index (κ3) is 6.24. The summed E-state index contributed by atoms with van der Waals surface area (Å²) in [7, 11) is 0. The van der Waals surface area contributed by atoms with Gasteiger partial charge in [0.2, 0.25) is 0 Å². The highest BCUT2D eigenvalue weighted by Crippen LogP contribution is 2.36. The van der Waals surface area contributed by atoms with E-state index >= 15 is 4.39 Å². The number of carboxylic acids is 1. The van der Waals surface area contributed by atoms with Gasteiger partial charge in [-0.05, 0) is 68.1 Å². The summed E-state index contributed by atoms with van der Waals surface area (Å²) in [5, 5.41) is 8.96. The van der Waals surface area contributed by atoms with Gasteiger partial charge in [-0.15, -0.1) is 0 Å². The van der Waals surface area contributed by atoms with Crippen LogP contribution in [0.4, 0.5) is 23.4 Å². The van der Waals surface area contributed by atoms with E-state index in [9.17, 15) is 18.0 Å². The van der Waals surface area contributed by atoms with Crippen LogP contribution in [0.15, 0.2) is 30.6 Å². The summed E-state index contributed by atoms with van der Waals surface area (Å²) in [5.41, 5.74) is 0.315. The molecule has 2 aliphatic carbocycles. The molecule has 1 aromatic carbocycles. The first kappa shape index (κ1) is 24.4. The van der Waals surface area contributed by atoms with E-state index < -0.39 is 23.5 Å². The maximum Gasteiger partial charge on any atom is 0.416 e. The third-order valence-corrected chi connectivity index (χ3v) is 6.96. The van der Waals surface area contributed by atoms with Crippen molar-refractivity contribution in [3.8, 4) is 0 Å². The second-order valence-corrected chi connectivity index (χ2v) is 9.53. The predicted octanol–water partition coefficient (Wildman–Crippen LogP) is 6.02. The Kier molecular flexibility index (Phi) is 7.38. The molecule has 0 unspecified atom stereocenters. The van der Waals surface area contributed by atoms with Gasteiger partial charge in [0, 0.05) is 19.0 Å². The number of anilines is 1. The van der Waals surface area contributed by atoms with Crippen molar-refractivity contribution in [2.24, 2.45) is 11.8 Å². The lowest BCUT2D eigenvalue weighted by atomic mass is 9.78. The average Bonchev–Trinajstić information content (AvgIpc) is 3.63. The van der Waals surface area contributed by atoms with Gasteiger partial charge < -0.3 is 10.0 Å². The van der Waals surface area contributed by atoms with Gasteiger partial charge in [0.05, 0.1) is 11.3 Å². The van der Waals surface area contributed by atoms with Crippen molar-refractivity contribution in [1.82, 2.24) is 9.97 Å². The van der Waals surface area contributed by atoms with E-state index in [4.69, 9.17) is 5.11 Å². The SMILES string of the molecule is O=C(O)CC1CCC(CCc2ncnc(N(Cc3ccc(C(F)(F)F)cc3)C3CC3)c2F)CC1. The maximum atomic E-state index is 15.4. The normalized spacial score (nSPS) is 20.8. The summed E-state index contributed by atoms with van der Waals surface area (Å²) >= 11 is 0. The Morgan fingerprint density at radius 3 is 2.24 bits per heavy atom. The zero-order chi connectivity index (χ0) is 24.3. The number of carbonyl (C=O) groups is 1. The van der Waals surface area contributed by atoms with Crippen LogP contribution < -0.4 is 4.90 Å². The molecule has 0 bridgehead atoms. The van der Waals surface area contributed by atoms with Crippen LogP contribution in [0.2, 0.25) is 0 Å². The minimum absolute atomic E-state index is 0.115. The first-order chi connectivity index (χ1) is 16.2. The number of halogens is 4. The minimum atomic E-state index is -4.39. The number of carboxylic acid groups (broad SMARTS) is 1. The summed E-state index contributed by atoms with van der Waals surface area (Å²) in [6.07, 6.45) is 3.89. The van der Waals surface area contributed by atoms with E-state index in [1.54, 1.807) is 0 Å². The van der Waals surface area contributed by atoms with Gasteiger partial charge in [-0.2, -0.15) is 13.2 Å². The number of aliphatic carboxylic acids is 1. The molecule has 2 aliphatic rings. The lowest BCUT2D eigenvalue weighted by Gasteiger charge is -2.28. The van der Waals surface area contributed by atoms with Crippen molar-refractivity contribution < 1.29 is 27.5 Å². The molecule has 2 saturated carbocycles. The lowest BCUT2D eigenvalue weighted by Crippen LogP contribution is -2.28. The van der Waals surface area contributed by atoms with E-state index in [0.29, 0.717) is 23.6 Å². The fraction of sp³-hybridized carbons (Fsp3) is 0.560. The van der Waals surface area contributed by atoms with Gasteiger partial charge in [0.1, 0.15) is 6.33 Å². The molecule has 4 rings (SSSR count). The standard InChI is InChI=1S/C25H29F4N3O2/c26-23-21(12-7-16-1-3-17(4-2-16)13-22(33)34)30-15-31-24(23)32(20-10-11-20)14-18-5-8-19(9-6-18)25(27,28)29/h5-6,8-9,15-17,20H,1-4,7,10-14H2,(H,33,34). The molecule has 5 nitrogen and oxygen atoms in total. The zero-order valence-corrected chi connectivity index (χ0v) is 18.9. The maximum absolute atomic E-state index is 15.4. The summed E-state index contributed by atoms with van der Waals surface area (Å²) in [5.74, 6) is -0.350. The number of alkyl halides is 3. The van der Waals surface area contributed by atoms with Crippen molar-refractivity contribution in [2.45, 2.75) is 76.6 Å². The predicted molar refractivity (Wildman–Crippen MR) is 119 cm³/mol. The highest BCUT2D eigenvalue weighted by molar-refractivity contribution is 5.67. The second kappa shape index (κ2) is 10.3. The molecule has 0 radical (unpaired) electrons. The summed E-state index contributed by atoms with van der Waals surface area (Å²) in [4.78, 5) is 21.1. The van der Waals surface area contributed by atoms with Crippen LogP contribution in [0, 0.1) is 17.7 Å².